The molecule has 0 bridgehead atoms. The van der Waals surface area contributed by atoms with Gasteiger partial charge in [0.05, 0.1) is 5.02 Å². The van der Waals surface area contributed by atoms with Gasteiger partial charge in [-0.15, -0.1) is 0 Å². The zero-order valence-corrected chi connectivity index (χ0v) is 13.1. The Morgan fingerprint density at radius 3 is 2.32 bits per heavy atom. The number of hydrogen-bond donors (Lipinski definition) is 2. The zero-order valence-electron chi connectivity index (χ0n) is 10.0. The van der Waals surface area contributed by atoms with Crippen molar-refractivity contribution in [2.24, 2.45) is 0 Å². The van der Waals surface area contributed by atoms with Crippen LogP contribution < -0.4 is 0 Å². The number of aromatic hydroxyl groups is 2. The lowest BCUT2D eigenvalue weighted by Crippen LogP contribution is -1.92. The highest BCUT2D eigenvalue weighted by molar-refractivity contribution is 9.10. The summed E-state index contributed by atoms with van der Waals surface area (Å²) in [5.41, 5.74) is 1.97. The van der Waals surface area contributed by atoms with Crippen LogP contribution in [0.3, 0.4) is 0 Å². The van der Waals surface area contributed by atoms with Gasteiger partial charge >= 0.3 is 0 Å². The van der Waals surface area contributed by atoms with Gasteiger partial charge in [-0.3, -0.25) is 0 Å². The van der Waals surface area contributed by atoms with Crippen molar-refractivity contribution in [3.8, 4) is 11.5 Å². The third kappa shape index (κ3) is 3.16. The molecule has 0 unspecified atom stereocenters. The van der Waals surface area contributed by atoms with Gasteiger partial charge in [0, 0.05) is 27.0 Å². The van der Waals surface area contributed by atoms with E-state index in [4.69, 9.17) is 23.2 Å². The third-order valence-electron chi connectivity index (χ3n) is 2.83. The Bertz CT molecular complexity index is 586. The number of halogens is 3. The van der Waals surface area contributed by atoms with E-state index in [9.17, 15) is 10.2 Å². The number of hydrogen-bond acceptors (Lipinski definition) is 2. The highest BCUT2D eigenvalue weighted by atomic mass is 79.9. The molecule has 0 saturated carbocycles. The number of rotatable bonds is 2. The molecule has 0 spiro atoms. The van der Waals surface area contributed by atoms with Gasteiger partial charge in [-0.2, -0.15) is 0 Å². The van der Waals surface area contributed by atoms with Gasteiger partial charge in [0.1, 0.15) is 11.5 Å². The lowest BCUT2D eigenvalue weighted by atomic mass is 10.0. The average Bonchev–Trinajstić information content (AvgIpc) is 2.31. The van der Waals surface area contributed by atoms with Gasteiger partial charge in [-0.05, 0) is 36.8 Å². The fraction of sp³-hybridized carbons (Fsp3) is 0.143. The molecule has 0 aliphatic heterocycles. The number of aryl methyl sites for hydroxylation is 1. The van der Waals surface area contributed by atoms with Crippen LogP contribution in [-0.4, -0.2) is 10.2 Å². The van der Waals surface area contributed by atoms with Crippen molar-refractivity contribution in [3.05, 3.63) is 55.5 Å². The van der Waals surface area contributed by atoms with Gasteiger partial charge in [-0.1, -0.05) is 39.1 Å². The standard InChI is InChI=1S/C14H11BrCl2O2/c1-7-2-11(16)5-9(13(7)18)3-8-4-10(15)6-12(17)14(8)19/h2,4-6,18-19H,3H2,1H3. The number of phenolic OH excluding ortho intramolecular Hbond substituents is 2. The maximum absolute atomic E-state index is 10.0. The van der Waals surface area contributed by atoms with Crippen LogP contribution in [0, 0.1) is 6.92 Å². The van der Waals surface area contributed by atoms with Crippen LogP contribution in [0.5, 0.6) is 11.5 Å². The maximum Gasteiger partial charge on any atom is 0.137 e. The predicted octanol–water partition coefficient (Wildman–Crippen LogP) is 5.07. The highest BCUT2D eigenvalue weighted by Crippen LogP contribution is 2.35. The fourth-order valence-electron chi connectivity index (χ4n) is 1.90. The van der Waals surface area contributed by atoms with Crippen molar-refractivity contribution in [2.45, 2.75) is 13.3 Å². The number of phenols is 2. The average molecular weight is 362 g/mol. The van der Waals surface area contributed by atoms with Gasteiger partial charge in [-0.25, -0.2) is 0 Å². The summed E-state index contributed by atoms with van der Waals surface area (Å²) in [6.45, 7) is 1.78. The van der Waals surface area contributed by atoms with Crippen molar-refractivity contribution < 1.29 is 10.2 Å². The predicted molar refractivity (Wildman–Crippen MR) is 81.5 cm³/mol. The minimum Gasteiger partial charge on any atom is -0.507 e. The molecule has 0 radical (unpaired) electrons. The van der Waals surface area contributed by atoms with Crippen LogP contribution in [0.15, 0.2) is 28.7 Å². The summed E-state index contributed by atoms with van der Waals surface area (Å²) in [6, 6.07) is 6.74. The molecule has 0 aliphatic rings. The zero-order chi connectivity index (χ0) is 14.2. The van der Waals surface area contributed by atoms with Crippen LogP contribution >= 0.6 is 39.1 Å². The van der Waals surface area contributed by atoms with E-state index in [1.807, 2.05) is 0 Å². The lowest BCUT2D eigenvalue weighted by molar-refractivity contribution is 0.460. The summed E-state index contributed by atoms with van der Waals surface area (Å²) in [5.74, 6) is 0.196. The monoisotopic (exact) mass is 360 g/mol. The third-order valence-corrected chi connectivity index (χ3v) is 3.80. The Labute approximate surface area is 129 Å². The summed E-state index contributed by atoms with van der Waals surface area (Å²) < 4.78 is 0.767. The van der Waals surface area contributed by atoms with E-state index in [1.54, 1.807) is 31.2 Å². The molecule has 0 heterocycles. The molecule has 2 nitrogen and oxygen atoms in total. The molecule has 0 fully saturated rings. The van der Waals surface area contributed by atoms with Crippen molar-refractivity contribution in [1.82, 2.24) is 0 Å². The molecule has 0 aliphatic carbocycles. The Hall–Kier alpha value is -0.900. The second-order valence-corrected chi connectivity index (χ2v) is 6.06. The van der Waals surface area contributed by atoms with E-state index in [2.05, 4.69) is 15.9 Å². The molecule has 2 N–H and O–H groups in total. The van der Waals surface area contributed by atoms with Crippen LogP contribution in [0.25, 0.3) is 0 Å². The van der Waals surface area contributed by atoms with Crippen molar-refractivity contribution in [2.75, 3.05) is 0 Å². The molecule has 0 amide bonds. The summed E-state index contributed by atoms with van der Waals surface area (Å²) in [6.07, 6.45) is 0.345. The molecule has 2 rings (SSSR count). The van der Waals surface area contributed by atoms with E-state index in [0.717, 1.165) is 4.47 Å². The van der Waals surface area contributed by atoms with E-state index in [-0.39, 0.29) is 16.5 Å². The Morgan fingerprint density at radius 2 is 1.63 bits per heavy atom. The molecule has 100 valence electrons. The molecule has 0 atom stereocenters. The first kappa shape index (κ1) is 14.5. The SMILES string of the molecule is Cc1cc(Cl)cc(Cc2cc(Br)cc(Cl)c2O)c1O. The quantitative estimate of drug-likeness (QED) is 0.784. The van der Waals surface area contributed by atoms with Gasteiger partial charge in [0.15, 0.2) is 0 Å². The summed E-state index contributed by atoms with van der Waals surface area (Å²) in [5, 5.41) is 20.8. The molecule has 2 aromatic rings. The first-order valence-electron chi connectivity index (χ1n) is 5.53. The van der Waals surface area contributed by atoms with E-state index in [0.29, 0.717) is 28.1 Å². The second kappa shape index (κ2) is 5.61. The fourth-order valence-corrected chi connectivity index (χ4v) is 3.07. The first-order valence-corrected chi connectivity index (χ1v) is 7.08. The smallest absolute Gasteiger partial charge is 0.137 e. The van der Waals surface area contributed by atoms with Crippen LogP contribution in [0.2, 0.25) is 10.0 Å². The van der Waals surface area contributed by atoms with Gasteiger partial charge < -0.3 is 10.2 Å². The van der Waals surface area contributed by atoms with E-state index >= 15 is 0 Å². The van der Waals surface area contributed by atoms with Crippen LogP contribution in [0.1, 0.15) is 16.7 Å². The molecule has 0 aromatic heterocycles. The summed E-state index contributed by atoms with van der Waals surface area (Å²) in [7, 11) is 0. The molecular formula is C14H11BrCl2O2. The molecule has 19 heavy (non-hydrogen) atoms. The normalized spacial score (nSPS) is 10.7. The maximum atomic E-state index is 10.0. The minimum absolute atomic E-state index is 0.0156. The van der Waals surface area contributed by atoms with E-state index in [1.165, 1.54) is 0 Å². The van der Waals surface area contributed by atoms with Crippen molar-refractivity contribution in [3.63, 3.8) is 0 Å². The summed E-state index contributed by atoms with van der Waals surface area (Å²) >= 11 is 15.2. The van der Waals surface area contributed by atoms with Gasteiger partial charge in [0.2, 0.25) is 0 Å². The van der Waals surface area contributed by atoms with Crippen LogP contribution in [-0.2, 0) is 6.42 Å². The number of benzene rings is 2. The Morgan fingerprint density at radius 1 is 1.00 bits per heavy atom. The summed E-state index contributed by atoms with van der Waals surface area (Å²) in [4.78, 5) is 0. The molecular weight excluding hydrogens is 351 g/mol. The molecule has 5 heteroatoms. The topological polar surface area (TPSA) is 40.5 Å². The Kier molecular flexibility index (Phi) is 4.29. The van der Waals surface area contributed by atoms with Crippen molar-refractivity contribution >= 4 is 39.1 Å². The molecule has 2 aromatic carbocycles. The molecule has 0 saturated heterocycles. The van der Waals surface area contributed by atoms with E-state index < -0.39 is 0 Å². The lowest BCUT2D eigenvalue weighted by Gasteiger charge is -2.11. The van der Waals surface area contributed by atoms with Gasteiger partial charge in [0.25, 0.3) is 0 Å². The van der Waals surface area contributed by atoms with Crippen LogP contribution in [0.4, 0.5) is 0 Å². The van der Waals surface area contributed by atoms with Crippen molar-refractivity contribution in [1.29, 1.82) is 0 Å². The largest absolute Gasteiger partial charge is 0.507 e. The Balaban J connectivity index is 2.47. The highest BCUT2D eigenvalue weighted by Gasteiger charge is 2.12. The minimum atomic E-state index is 0.0156. The second-order valence-electron chi connectivity index (χ2n) is 4.30. The first-order chi connectivity index (χ1) is 8.88.